The van der Waals surface area contributed by atoms with Gasteiger partial charge in [-0.2, -0.15) is 0 Å². The lowest BCUT2D eigenvalue weighted by atomic mass is 10.0. The smallest absolute Gasteiger partial charge is 0.272 e. The average Bonchev–Trinajstić information content (AvgIpc) is 2.69. The maximum Gasteiger partial charge on any atom is 0.272 e. The summed E-state index contributed by atoms with van der Waals surface area (Å²) < 4.78 is 5.44. The van der Waals surface area contributed by atoms with Gasteiger partial charge in [-0.1, -0.05) is 23.7 Å². The highest BCUT2D eigenvalue weighted by atomic mass is 35.5. The molecule has 0 spiro atoms. The normalized spacial score (nSPS) is 15.8. The second-order valence-corrected chi connectivity index (χ2v) is 7.12. The molecule has 1 N–H and O–H groups in total. The third-order valence-electron chi connectivity index (χ3n) is 4.85. The van der Waals surface area contributed by atoms with Crippen LogP contribution in [0.5, 0.6) is 0 Å². The second kappa shape index (κ2) is 9.14. The van der Waals surface area contributed by atoms with Crippen LogP contribution in [0.1, 0.15) is 27.5 Å². The van der Waals surface area contributed by atoms with Crippen molar-refractivity contribution in [3.05, 3.63) is 74.3 Å². The Labute approximate surface area is 168 Å². The van der Waals surface area contributed by atoms with E-state index in [2.05, 4.69) is 10.2 Å². The fourth-order valence-corrected chi connectivity index (χ4v) is 3.45. The number of rotatable bonds is 6. The molecule has 0 aliphatic carbocycles. The molecule has 2 aromatic rings. The van der Waals surface area contributed by atoms with Gasteiger partial charge in [-0.05, 0) is 36.8 Å². The lowest BCUT2D eigenvalue weighted by Crippen LogP contribution is -2.43. The summed E-state index contributed by atoms with van der Waals surface area (Å²) in [7, 11) is 0. The van der Waals surface area contributed by atoms with Gasteiger partial charge in [-0.25, -0.2) is 0 Å². The maximum atomic E-state index is 12.6. The highest BCUT2D eigenvalue weighted by Crippen LogP contribution is 2.24. The third kappa shape index (κ3) is 4.86. The first-order valence-corrected chi connectivity index (χ1v) is 9.44. The summed E-state index contributed by atoms with van der Waals surface area (Å²) >= 11 is 6.01. The zero-order valence-corrected chi connectivity index (χ0v) is 16.3. The van der Waals surface area contributed by atoms with Crippen LogP contribution < -0.4 is 5.32 Å². The van der Waals surface area contributed by atoms with Crippen LogP contribution >= 0.6 is 11.6 Å². The number of amides is 1. The number of nitrogens with one attached hydrogen (secondary N) is 1. The predicted molar refractivity (Wildman–Crippen MR) is 107 cm³/mol. The Morgan fingerprint density at radius 1 is 1.25 bits per heavy atom. The van der Waals surface area contributed by atoms with E-state index in [9.17, 15) is 14.9 Å². The largest absolute Gasteiger partial charge is 0.379 e. The van der Waals surface area contributed by atoms with Crippen LogP contribution in [0, 0.1) is 17.0 Å². The monoisotopic (exact) mass is 403 g/mol. The van der Waals surface area contributed by atoms with E-state index in [-0.39, 0.29) is 17.6 Å². The van der Waals surface area contributed by atoms with Crippen molar-refractivity contribution >= 4 is 23.2 Å². The van der Waals surface area contributed by atoms with E-state index < -0.39 is 4.92 Å². The molecule has 8 heteroatoms. The summed E-state index contributed by atoms with van der Waals surface area (Å²) in [4.78, 5) is 25.4. The Bertz CT molecular complexity index is 851. The van der Waals surface area contributed by atoms with E-state index in [0.717, 1.165) is 18.7 Å². The standard InChI is InChI=1S/C20H22ClN3O4/c1-14-12-16(4-7-18(14)24(26)27)20(25)22-13-19(23-8-10-28-11-9-23)15-2-5-17(21)6-3-15/h2-7,12,19H,8-11,13H2,1H3,(H,22,25)/t19-/m1/s1. The zero-order chi connectivity index (χ0) is 20.1. The minimum atomic E-state index is -0.452. The van der Waals surface area contributed by atoms with Gasteiger partial charge in [0, 0.05) is 41.9 Å². The summed E-state index contributed by atoms with van der Waals surface area (Å²) in [6.07, 6.45) is 0. The number of aryl methyl sites for hydroxylation is 1. The molecule has 1 amide bonds. The Morgan fingerprint density at radius 2 is 1.93 bits per heavy atom. The van der Waals surface area contributed by atoms with Gasteiger partial charge in [0.25, 0.3) is 11.6 Å². The van der Waals surface area contributed by atoms with Gasteiger partial charge in [-0.3, -0.25) is 19.8 Å². The highest BCUT2D eigenvalue weighted by molar-refractivity contribution is 6.30. The molecule has 0 saturated carbocycles. The second-order valence-electron chi connectivity index (χ2n) is 6.68. The van der Waals surface area contributed by atoms with Crippen molar-refractivity contribution in [3.8, 4) is 0 Å². The number of carbonyl (C=O) groups excluding carboxylic acids is 1. The molecule has 1 aliphatic rings. The number of nitrogens with zero attached hydrogens (tertiary/aromatic N) is 2. The summed E-state index contributed by atoms with van der Waals surface area (Å²) in [5.74, 6) is -0.259. The molecule has 0 aromatic heterocycles. The van der Waals surface area contributed by atoms with Crippen LogP contribution in [0.4, 0.5) is 5.69 Å². The van der Waals surface area contributed by atoms with Crippen LogP contribution in [0.3, 0.4) is 0 Å². The molecule has 2 aromatic carbocycles. The molecule has 1 atom stereocenters. The summed E-state index contributed by atoms with van der Waals surface area (Å²) in [6.45, 7) is 4.90. The van der Waals surface area contributed by atoms with Crippen molar-refractivity contribution in [2.45, 2.75) is 13.0 Å². The molecule has 0 unspecified atom stereocenters. The number of halogens is 1. The van der Waals surface area contributed by atoms with Crippen molar-refractivity contribution in [2.24, 2.45) is 0 Å². The van der Waals surface area contributed by atoms with Crippen molar-refractivity contribution < 1.29 is 14.5 Å². The minimum absolute atomic E-state index is 0.00362. The van der Waals surface area contributed by atoms with Crippen molar-refractivity contribution in [3.63, 3.8) is 0 Å². The molecule has 0 bridgehead atoms. The molecule has 28 heavy (non-hydrogen) atoms. The fourth-order valence-electron chi connectivity index (χ4n) is 3.32. The first-order valence-electron chi connectivity index (χ1n) is 9.06. The number of nitro groups is 1. The van der Waals surface area contributed by atoms with E-state index >= 15 is 0 Å². The number of ether oxygens (including phenoxy) is 1. The first kappa shape index (κ1) is 20.3. The van der Waals surface area contributed by atoms with Gasteiger partial charge in [0.05, 0.1) is 24.2 Å². The van der Waals surface area contributed by atoms with E-state index in [1.54, 1.807) is 13.0 Å². The number of hydrogen-bond acceptors (Lipinski definition) is 5. The van der Waals surface area contributed by atoms with Crippen LogP contribution in [-0.4, -0.2) is 48.6 Å². The quantitative estimate of drug-likeness (QED) is 0.590. The number of benzene rings is 2. The third-order valence-corrected chi connectivity index (χ3v) is 5.10. The molecule has 148 valence electrons. The number of carbonyl (C=O) groups is 1. The van der Waals surface area contributed by atoms with Crippen molar-refractivity contribution in [1.82, 2.24) is 10.2 Å². The van der Waals surface area contributed by atoms with Gasteiger partial charge < -0.3 is 10.1 Å². The van der Waals surface area contributed by atoms with E-state index in [4.69, 9.17) is 16.3 Å². The van der Waals surface area contributed by atoms with Crippen molar-refractivity contribution in [1.29, 1.82) is 0 Å². The molecule has 1 fully saturated rings. The number of hydrogen-bond donors (Lipinski definition) is 1. The highest BCUT2D eigenvalue weighted by Gasteiger charge is 2.23. The summed E-state index contributed by atoms with van der Waals surface area (Å²) in [6, 6.07) is 12.0. The average molecular weight is 404 g/mol. The van der Waals surface area contributed by atoms with E-state index in [0.29, 0.717) is 35.9 Å². The Hall–Kier alpha value is -2.48. The molecular formula is C20H22ClN3O4. The first-order chi connectivity index (χ1) is 13.5. The number of nitro benzene ring substituents is 1. The lowest BCUT2D eigenvalue weighted by molar-refractivity contribution is -0.385. The van der Waals surface area contributed by atoms with Crippen LogP contribution in [0.15, 0.2) is 42.5 Å². The molecule has 1 saturated heterocycles. The Balaban J connectivity index is 1.73. The molecule has 1 aliphatic heterocycles. The van der Waals surface area contributed by atoms with E-state index in [1.165, 1.54) is 12.1 Å². The molecule has 3 rings (SSSR count). The van der Waals surface area contributed by atoms with Gasteiger partial charge in [-0.15, -0.1) is 0 Å². The SMILES string of the molecule is Cc1cc(C(=O)NC[C@H](c2ccc(Cl)cc2)N2CCOCC2)ccc1[N+](=O)[O-]. The molecule has 7 nitrogen and oxygen atoms in total. The van der Waals surface area contributed by atoms with Gasteiger partial charge in [0.1, 0.15) is 0 Å². The van der Waals surface area contributed by atoms with Gasteiger partial charge in [0.15, 0.2) is 0 Å². The summed E-state index contributed by atoms with van der Waals surface area (Å²) in [5.41, 5.74) is 1.93. The molecular weight excluding hydrogens is 382 g/mol. The van der Waals surface area contributed by atoms with Gasteiger partial charge >= 0.3 is 0 Å². The minimum Gasteiger partial charge on any atom is -0.379 e. The molecule has 0 radical (unpaired) electrons. The van der Waals surface area contributed by atoms with E-state index in [1.807, 2.05) is 24.3 Å². The fraction of sp³-hybridized carbons (Fsp3) is 0.350. The summed E-state index contributed by atoms with van der Waals surface area (Å²) in [5, 5.41) is 14.6. The van der Waals surface area contributed by atoms with Crippen LogP contribution in [0.2, 0.25) is 5.02 Å². The van der Waals surface area contributed by atoms with Gasteiger partial charge in [0.2, 0.25) is 0 Å². The maximum absolute atomic E-state index is 12.6. The Kier molecular flexibility index (Phi) is 6.61. The molecule has 1 heterocycles. The van der Waals surface area contributed by atoms with Crippen LogP contribution in [0.25, 0.3) is 0 Å². The zero-order valence-electron chi connectivity index (χ0n) is 15.6. The Morgan fingerprint density at radius 3 is 2.54 bits per heavy atom. The van der Waals surface area contributed by atoms with Crippen molar-refractivity contribution in [2.75, 3.05) is 32.8 Å². The predicted octanol–water partition coefficient (Wildman–Crippen LogP) is 3.36. The van der Waals surface area contributed by atoms with Crippen LogP contribution in [-0.2, 0) is 4.74 Å². The lowest BCUT2D eigenvalue weighted by Gasteiger charge is -2.35. The number of morpholine rings is 1. The topological polar surface area (TPSA) is 84.7 Å².